The van der Waals surface area contributed by atoms with E-state index in [1.165, 1.54) is 0 Å². The largest absolute Gasteiger partial charge is 0.356 e. The van der Waals surface area contributed by atoms with Gasteiger partial charge in [0.05, 0.1) is 12.6 Å². The second-order valence-electron chi connectivity index (χ2n) is 7.05. The van der Waals surface area contributed by atoms with E-state index in [2.05, 4.69) is 15.6 Å². The predicted octanol–water partition coefficient (Wildman–Crippen LogP) is -0.0927. The van der Waals surface area contributed by atoms with E-state index in [0.29, 0.717) is 0 Å². The van der Waals surface area contributed by atoms with Gasteiger partial charge in [0.2, 0.25) is 11.8 Å². The molecule has 3 fully saturated rings. The Morgan fingerprint density at radius 3 is 2.73 bits per heavy atom. The van der Waals surface area contributed by atoms with Gasteiger partial charge in [-0.3, -0.25) is 19.4 Å². The van der Waals surface area contributed by atoms with Crippen molar-refractivity contribution >= 4 is 17.7 Å². The van der Waals surface area contributed by atoms with Crippen LogP contribution in [-0.4, -0.2) is 58.9 Å². The Morgan fingerprint density at radius 1 is 1.27 bits per heavy atom. The number of amides is 3. The molecule has 0 radical (unpaired) electrons. The van der Waals surface area contributed by atoms with Crippen LogP contribution in [0.1, 0.15) is 37.3 Å². The minimum atomic E-state index is -0.855. The number of aromatic nitrogens is 1. The van der Waals surface area contributed by atoms with E-state index in [1.807, 2.05) is 6.07 Å². The summed E-state index contributed by atoms with van der Waals surface area (Å²) in [5, 5.41) is 5.48. The average molecular weight is 358 g/mol. The number of ether oxygens (including phenoxy) is 1. The quantitative estimate of drug-likeness (QED) is 0.740. The van der Waals surface area contributed by atoms with Crippen LogP contribution in [0, 0.1) is 0 Å². The average Bonchev–Trinajstić information content (AvgIpc) is 3.55. The molecule has 0 bridgehead atoms. The van der Waals surface area contributed by atoms with Crippen LogP contribution in [0.4, 0.5) is 0 Å². The topological polar surface area (TPSA) is 101 Å². The summed E-state index contributed by atoms with van der Waals surface area (Å²) in [4.78, 5) is 42.8. The number of pyridine rings is 1. The standard InChI is InChI=1S/C18H22N4O4/c23-14(21-12-3-4-12)9-20-18(25)17-16(11-2-1-7-19-8-11)22(13-5-6-13)15(24)10-26-17/h1-2,7-8,12-13,16-17H,3-6,9-10H2,(H,20,25)(H,21,23)/t16-,17+/m1/s1. The number of rotatable bonds is 6. The Hall–Kier alpha value is -2.48. The van der Waals surface area contributed by atoms with Crippen LogP contribution in [0.3, 0.4) is 0 Å². The maximum atomic E-state index is 12.7. The summed E-state index contributed by atoms with van der Waals surface area (Å²) in [6, 6.07) is 3.48. The molecular weight excluding hydrogens is 336 g/mol. The highest BCUT2D eigenvalue weighted by Gasteiger charge is 2.47. The number of nitrogens with zero attached hydrogens (tertiary/aromatic N) is 2. The van der Waals surface area contributed by atoms with Gasteiger partial charge in [-0.15, -0.1) is 0 Å². The molecule has 26 heavy (non-hydrogen) atoms. The van der Waals surface area contributed by atoms with Gasteiger partial charge in [-0.2, -0.15) is 0 Å². The van der Waals surface area contributed by atoms with Gasteiger partial charge in [-0.05, 0) is 37.3 Å². The first-order valence-electron chi connectivity index (χ1n) is 9.03. The molecule has 0 spiro atoms. The van der Waals surface area contributed by atoms with E-state index in [0.717, 1.165) is 31.2 Å². The second-order valence-corrected chi connectivity index (χ2v) is 7.05. The fraction of sp³-hybridized carbons (Fsp3) is 0.556. The molecule has 2 N–H and O–H groups in total. The number of morpholine rings is 1. The van der Waals surface area contributed by atoms with Gasteiger partial charge in [0, 0.05) is 24.5 Å². The monoisotopic (exact) mass is 358 g/mol. The summed E-state index contributed by atoms with van der Waals surface area (Å²) >= 11 is 0. The van der Waals surface area contributed by atoms with E-state index >= 15 is 0 Å². The Bertz CT molecular complexity index is 702. The first-order valence-corrected chi connectivity index (χ1v) is 9.03. The van der Waals surface area contributed by atoms with E-state index in [4.69, 9.17) is 4.74 Å². The summed E-state index contributed by atoms with van der Waals surface area (Å²) in [5.41, 5.74) is 0.759. The van der Waals surface area contributed by atoms with Crippen LogP contribution in [0.5, 0.6) is 0 Å². The van der Waals surface area contributed by atoms with Crippen LogP contribution in [-0.2, 0) is 19.1 Å². The molecule has 1 saturated heterocycles. The van der Waals surface area contributed by atoms with Gasteiger partial charge in [-0.1, -0.05) is 6.07 Å². The first-order chi connectivity index (χ1) is 12.6. The minimum Gasteiger partial charge on any atom is -0.356 e. The lowest BCUT2D eigenvalue weighted by Crippen LogP contribution is -2.55. The zero-order valence-electron chi connectivity index (χ0n) is 14.4. The van der Waals surface area contributed by atoms with Gasteiger partial charge in [0.15, 0.2) is 6.10 Å². The second kappa shape index (κ2) is 7.03. The molecule has 8 nitrogen and oxygen atoms in total. The van der Waals surface area contributed by atoms with Crippen LogP contribution >= 0.6 is 0 Å². The molecule has 3 aliphatic rings. The van der Waals surface area contributed by atoms with E-state index in [9.17, 15) is 14.4 Å². The zero-order chi connectivity index (χ0) is 18.1. The Kier molecular flexibility index (Phi) is 4.58. The highest BCUT2D eigenvalue weighted by atomic mass is 16.5. The van der Waals surface area contributed by atoms with Crippen molar-refractivity contribution in [3.8, 4) is 0 Å². The molecule has 2 heterocycles. The molecule has 0 unspecified atom stereocenters. The first kappa shape index (κ1) is 17.0. The van der Waals surface area contributed by atoms with Crippen LogP contribution in [0.2, 0.25) is 0 Å². The number of hydrogen-bond acceptors (Lipinski definition) is 5. The Labute approximate surface area is 151 Å². The van der Waals surface area contributed by atoms with Crippen molar-refractivity contribution in [1.29, 1.82) is 0 Å². The summed E-state index contributed by atoms with van der Waals surface area (Å²) in [6.07, 6.45) is 6.29. The minimum absolute atomic E-state index is 0.0909. The summed E-state index contributed by atoms with van der Waals surface area (Å²) in [7, 11) is 0. The molecule has 8 heteroatoms. The molecule has 2 saturated carbocycles. The molecule has 1 aromatic rings. The molecule has 3 amide bonds. The van der Waals surface area contributed by atoms with Crippen molar-refractivity contribution in [1.82, 2.24) is 20.5 Å². The molecular formula is C18H22N4O4. The molecule has 138 valence electrons. The van der Waals surface area contributed by atoms with Crippen molar-refractivity contribution < 1.29 is 19.1 Å². The fourth-order valence-corrected chi connectivity index (χ4v) is 3.29. The van der Waals surface area contributed by atoms with Crippen LogP contribution < -0.4 is 10.6 Å². The zero-order valence-corrected chi connectivity index (χ0v) is 14.4. The van der Waals surface area contributed by atoms with Crippen molar-refractivity contribution in [2.75, 3.05) is 13.2 Å². The van der Waals surface area contributed by atoms with Crippen LogP contribution in [0.25, 0.3) is 0 Å². The molecule has 1 aliphatic heterocycles. The summed E-state index contributed by atoms with van der Waals surface area (Å²) in [5.74, 6) is -0.704. The van der Waals surface area contributed by atoms with Crippen molar-refractivity contribution in [3.63, 3.8) is 0 Å². The van der Waals surface area contributed by atoms with Crippen molar-refractivity contribution in [2.45, 2.75) is 49.9 Å². The third kappa shape index (κ3) is 3.70. The number of carbonyl (C=O) groups excluding carboxylic acids is 3. The normalized spacial score (nSPS) is 25.7. The Balaban J connectivity index is 1.49. The van der Waals surface area contributed by atoms with Crippen molar-refractivity contribution in [3.05, 3.63) is 30.1 Å². The predicted molar refractivity (Wildman–Crippen MR) is 90.8 cm³/mol. The Morgan fingerprint density at radius 2 is 2.08 bits per heavy atom. The lowest BCUT2D eigenvalue weighted by atomic mass is 9.98. The van der Waals surface area contributed by atoms with Crippen molar-refractivity contribution in [2.24, 2.45) is 0 Å². The van der Waals surface area contributed by atoms with Gasteiger partial charge in [0.1, 0.15) is 6.61 Å². The van der Waals surface area contributed by atoms with E-state index in [-0.39, 0.29) is 43.0 Å². The summed E-state index contributed by atoms with van der Waals surface area (Å²) < 4.78 is 5.59. The molecule has 2 atom stereocenters. The number of nitrogens with one attached hydrogen (secondary N) is 2. The smallest absolute Gasteiger partial charge is 0.252 e. The number of hydrogen-bond donors (Lipinski definition) is 2. The summed E-state index contributed by atoms with van der Waals surface area (Å²) in [6.45, 7) is -0.216. The van der Waals surface area contributed by atoms with Gasteiger partial charge < -0.3 is 20.3 Å². The SMILES string of the molecule is O=C(CNC(=O)[C@H]1OCC(=O)N(C2CC2)[C@@H]1c1cccnc1)NC1CC1. The van der Waals surface area contributed by atoms with E-state index in [1.54, 1.807) is 23.4 Å². The maximum Gasteiger partial charge on any atom is 0.252 e. The van der Waals surface area contributed by atoms with Gasteiger partial charge >= 0.3 is 0 Å². The molecule has 4 rings (SSSR count). The highest BCUT2D eigenvalue weighted by molar-refractivity contribution is 5.89. The lowest BCUT2D eigenvalue weighted by molar-refractivity contribution is -0.165. The molecule has 0 aromatic carbocycles. The number of carbonyl (C=O) groups is 3. The fourth-order valence-electron chi connectivity index (χ4n) is 3.29. The lowest BCUT2D eigenvalue weighted by Gasteiger charge is -2.40. The van der Waals surface area contributed by atoms with Gasteiger partial charge in [0.25, 0.3) is 5.91 Å². The van der Waals surface area contributed by atoms with E-state index < -0.39 is 12.1 Å². The molecule has 1 aromatic heterocycles. The highest BCUT2D eigenvalue weighted by Crippen LogP contribution is 2.39. The maximum absolute atomic E-state index is 12.7. The third-order valence-electron chi connectivity index (χ3n) is 4.85. The molecule has 2 aliphatic carbocycles. The van der Waals surface area contributed by atoms with Crippen LogP contribution in [0.15, 0.2) is 24.5 Å². The third-order valence-corrected chi connectivity index (χ3v) is 4.85. The van der Waals surface area contributed by atoms with Gasteiger partial charge in [-0.25, -0.2) is 0 Å².